The van der Waals surface area contributed by atoms with E-state index in [9.17, 15) is 14.4 Å². The molecule has 26 heavy (non-hydrogen) atoms. The van der Waals surface area contributed by atoms with E-state index < -0.39 is 24.5 Å². The van der Waals surface area contributed by atoms with Crippen LogP contribution in [0.15, 0.2) is 18.5 Å². The summed E-state index contributed by atoms with van der Waals surface area (Å²) in [6, 6.07) is 1.67. The van der Waals surface area contributed by atoms with Crippen LogP contribution >= 0.6 is 11.3 Å². The molecule has 0 bridgehead atoms. The molecule has 138 valence electrons. The van der Waals surface area contributed by atoms with E-state index in [2.05, 4.69) is 15.3 Å². The van der Waals surface area contributed by atoms with Crippen molar-refractivity contribution in [3.63, 3.8) is 0 Å². The Labute approximate surface area is 153 Å². The Balaban J connectivity index is 2.01. The predicted octanol–water partition coefficient (Wildman–Crippen LogP) is 1.65. The van der Waals surface area contributed by atoms with Crippen LogP contribution in [-0.2, 0) is 20.7 Å². The fourth-order valence-electron chi connectivity index (χ4n) is 1.94. The topological polar surface area (TPSA) is 134 Å². The first-order valence-corrected chi connectivity index (χ1v) is 8.61. The third-order valence-electron chi connectivity index (χ3n) is 3.13. The molecule has 0 aliphatic heterocycles. The number of aromatic nitrogens is 2. The molecule has 10 heteroatoms. The third-order valence-corrected chi connectivity index (χ3v) is 4.33. The zero-order chi connectivity index (χ0) is 19.1. The van der Waals surface area contributed by atoms with E-state index in [1.165, 1.54) is 23.7 Å². The number of nitrogens with zero attached hydrogens (tertiary/aromatic N) is 2. The van der Waals surface area contributed by atoms with Crippen LogP contribution in [0.2, 0.25) is 0 Å². The van der Waals surface area contributed by atoms with Gasteiger partial charge in [0.1, 0.15) is 5.00 Å². The number of thiophene rings is 1. The molecular weight excluding hydrogens is 360 g/mol. The summed E-state index contributed by atoms with van der Waals surface area (Å²) in [7, 11) is 0. The van der Waals surface area contributed by atoms with Gasteiger partial charge in [0.15, 0.2) is 18.1 Å². The average Bonchev–Trinajstić information content (AvgIpc) is 3.03. The molecule has 9 nitrogen and oxygen atoms in total. The number of rotatable bonds is 7. The molecule has 0 aliphatic carbocycles. The maximum atomic E-state index is 12.1. The maximum Gasteiger partial charge on any atom is 0.361 e. The van der Waals surface area contributed by atoms with Crippen molar-refractivity contribution in [2.45, 2.75) is 20.3 Å². The van der Waals surface area contributed by atoms with Crippen LogP contribution in [-0.4, -0.2) is 41.0 Å². The van der Waals surface area contributed by atoms with Crippen molar-refractivity contribution in [3.8, 4) is 0 Å². The minimum atomic E-state index is -0.864. The van der Waals surface area contributed by atoms with Gasteiger partial charge in [0, 0.05) is 17.3 Å². The van der Waals surface area contributed by atoms with Crippen LogP contribution in [0.5, 0.6) is 0 Å². The maximum absolute atomic E-state index is 12.1. The number of nitrogens with two attached hydrogens (primary N) is 1. The fourth-order valence-corrected chi connectivity index (χ4v) is 2.94. The largest absolute Gasteiger partial charge is 0.462 e. The second-order valence-electron chi connectivity index (χ2n) is 4.94. The van der Waals surface area contributed by atoms with Crippen LogP contribution in [0.25, 0.3) is 0 Å². The molecule has 0 aliphatic rings. The molecule has 2 heterocycles. The lowest BCUT2D eigenvalue weighted by molar-refractivity contribution is -0.119. The Morgan fingerprint density at radius 2 is 1.88 bits per heavy atom. The summed E-state index contributed by atoms with van der Waals surface area (Å²) < 4.78 is 9.86. The van der Waals surface area contributed by atoms with E-state index in [0.717, 1.165) is 4.88 Å². The second kappa shape index (κ2) is 8.90. The summed E-state index contributed by atoms with van der Waals surface area (Å²) in [6.07, 6.45) is 3.32. The van der Waals surface area contributed by atoms with Crippen LogP contribution in [0.1, 0.15) is 39.6 Å². The van der Waals surface area contributed by atoms with Crippen molar-refractivity contribution in [1.82, 2.24) is 9.97 Å². The highest BCUT2D eigenvalue weighted by Gasteiger charge is 2.20. The number of hydrogen-bond acceptors (Lipinski definition) is 9. The quantitative estimate of drug-likeness (QED) is 0.695. The highest BCUT2D eigenvalue weighted by molar-refractivity contribution is 7.16. The molecule has 0 unspecified atom stereocenters. The molecular formula is C16H18N4O5S. The standard InChI is InChI=1S/C16H18N4O5S/c1-3-9-7-10(15(22)24-4-2)14(26-9)20-11(21)8-25-16(23)12-13(17)19-6-5-18-12/h5-7H,3-4,8H2,1-2H3,(H2,17,19)(H,20,21). The Bertz CT molecular complexity index is 821. The van der Waals surface area contributed by atoms with Crippen LogP contribution in [0.3, 0.4) is 0 Å². The molecule has 0 aromatic carbocycles. The number of carbonyl (C=O) groups is 3. The average molecular weight is 378 g/mol. The van der Waals surface area contributed by atoms with Gasteiger partial charge < -0.3 is 20.5 Å². The monoisotopic (exact) mass is 378 g/mol. The van der Waals surface area contributed by atoms with E-state index in [4.69, 9.17) is 15.2 Å². The van der Waals surface area contributed by atoms with Crippen molar-refractivity contribution in [3.05, 3.63) is 34.6 Å². The Hall–Kier alpha value is -3.01. The van der Waals surface area contributed by atoms with Crippen LogP contribution in [0, 0.1) is 0 Å². The van der Waals surface area contributed by atoms with Gasteiger partial charge in [-0.15, -0.1) is 11.3 Å². The van der Waals surface area contributed by atoms with Gasteiger partial charge in [-0.05, 0) is 19.4 Å². The number of amides is 1. The summed E-state index contributed by atoms with van der Waals surface area (Å²) in [5.41, 5.74) is 5.63. The summed E-state index contributed by atoms with van der Waals surface area (Å²) in [5.74, 6) is -2.08. The van der Waals surface area contributed by atoms with Crippen LogP contribution < -0.4 is 11.1 Å². The number of carbonyl (C=O) groups excluding carboxylic acids is 3. The van der Waals surface area contributed by atoms with Crippen molar-refractivity contribution in [2.75, 3.05) is 24.3 Å². The minimum Gasteiger partial charge on any atom is -0.462 e. The highest BCUT2D eigenvalue weighted by Crippen LogP contribution is 2.29. The number of hydrogen-bond donors (Lipinski definition) is 2. The van der Waals surface area contributed by atoms with Gasteiger partial charge in [-0.25, -0.2) is 19.6 Å². The molecule has 2 aromatic heterocycles. The van der Waals surface area contributed by atoms with E-state index in [-0.39, 0.29) is 23.7 Å². The molecule has 3 N–H and O–H groups in total. The molecule has 2 aromatic rings. The molecule has 0 saturated heterocycles. The molecule has 0 fully saturated rings. The zero-order valence-corrected chi connectivity index (χ0v) is 15.1. The molecule has 0 atom stereocenters. The van der Waals surface area contributed by atoms with Crippen LogP contribution in [0.4, 0.5) is 10.8 Å². The number of ether oxygens (including phenoxy) is 2. The third kappa shape index (κ3) is 4.76. The summed E-state index contributed by atoms with van der Waals surface area (Å²) >= 11 is 1.26. The van der Waals surface area contributed by atoms with E-state index in [1.54, 1.807) is 13.0 Å². The number of nitrogens with one attached hydrogen (secondary N) is 1. The van der Waals surface area contributed by atoms with Gasteiger partial charge in [-0.3, -0.25) is 4.79 Å². The number of nitrogen functional groups attached to an aromatic ring is 1. The molecule has 1 amide bonds. The molecule has 0 radical (unpaired) electrons. The smallest absolute Gasteiger partial charge is 0.361 e. The number of anilines is 2. The van der Waals surface area contributed by atoms with Crippen molar-refractivity contribution in [1.29, 1.82) is 0 Å². The highest BCUT2D eigenvalue weighted by atomic mass is 32.1. The first-order chi connectivity index (χ1) is 12.5. The van der Waals surface area contributed by atoms with E-state index >= 15 is 0 Å². The predicted molar refractivity (Wildman–Crippen MR) is 95.0 cm³/mol. The van der Waals surface area contributed by atoms with Gasteiger partial charge in [0.25, 0.3) is 5.91 Å². The number of esters is 2. The Morgan fingerprint density at radius 3 is 2.54 bits per heavy atom. The summed E-state index contributed by atoms with van der Waals surface area (Å²) in [6.45, 7) is 3.29. The van der Waals surface area contributed by atoms with E-state index in [0.29, 0.717) is 11.4 Å². The second-order valence-corrected chi connectivity index (χ2v) is 6.08. The van der Waals surface area contributed by atoms with Crippen molar-refractivity contribution < 1.29 is 23.9 Å². The lowest BCUT2D eigenvalue weighted by Gasteiger charge is -2.07. The molecule has 0 saturated carbocycles. The Kier molecular flexibility index (Phi) is 6.61. The van der Waals surface area contributed by atoms with Gasteiger partial charge in [-0.2, -0.15) is 0 Å². The van der Waals surface area contributed by atoms with E-state index in [1.807, 2.05) is 6.92 Å². The zero-order valence-electron chi connectivity index (χ0n) is 14.3. The lowest BCUT2D eigenvalue weighted by Crippen LogP contribution is -2.22. The lowest BCUT2D eigenvalue weighted by atomic mass is 10.2. The SMILES string of the molecule is CCOC(=O)c1cc(CC)sc1NC(=O)COC(=O)c1nccnc1N. The number of aryl methyl sites for hydroxylation is 1. The van der Waals surface area contributed by atoms with Crippen molar-refractivity contribution in [2.24, 2.45) is 0 Å². The summed E-state index contributed by atoms with van der Waals surface area (Å²) in [5, 5.41) is 2.91. The molecule has 0 spiro atoms. The first-order valence-electron chi connectivity index (χ1n) is 7.79. The minimum absolute atomic E-state index is 0.0895. The summed E-state index contributed by atoms with van der Waals surface area (Å²) in [4.78, 5) is 44.3. The van der Waals surface area contributed by atoms with Gasteiger partial charge in [0.05, 0.1) is 12.2 Å². The Morgan fingerprint density at radius 1 is 1.15 bits per heavy atom. The fraction of sp³-hybridized carbons (Fsp3) is 0.312. The van der Waals surface area contributed by atoms with Crippen molar-refractivity contribution >= 4 is 40.0 Å². The van der Waals surface area contributed by atoms with Gasteiger partial charge in [-0.1, -0.05) is 6.92 Å². The van der Waals surface area contributed by atoms with Gasteiger partial charge in [0.2, 0.25) is 0 Å². The normalized spacial score (nSPS) is 10.2. The van der Waals surface area contributed by atoms with Gasteiger partial charge >= 0.3 is 11.9 Å². The molecule has 2 rings (SSSR count). The first kappa shape index (κ1) is 19.3.